The lowest BCUT2D eigenvalue weighted by Crippen LogP contribution is -2.40. The van der Waals surface area contributed by atoms with Crippen molar-refractivity contribution in [3.05, 3.63) is 65.7 Å². The van der Waals surface area contributed by atoms with Crippen molar-refractivity contribution in [1.29, 1.82) is 5.26 Å². The first-order valence-electron chi connectivity index (χ1n) is 6.29. The minimum atomic E-state index is -0.777. The molecule has 3 amide bonds. The summed E-state index contributed by atoms with van der Waals surface area (Å²) in [6, 6.07) is 14.5. The number of carbonyl (C=O) groups excluding carboxylic acids is 2. The van der Waals surface area contributed by atoms with E-state index < -0.39 is 11.9 Å². The molecule has 0 heterocycles. The number of nitrogens with one attached hydrogen (secondary N) is 1. The van der Waals surface area contributed by atoms with Crippen molar-refractivity contribution in [2.45, 2.75) is 6.92 Å². The van der Waals surface area contributed by atoms with Gasteiger partial charge in [-0.1, -0.05) is 36.4 Å². The Hall–Kier alpha value is -3.13. The molecule has 21 heavy (non-hydrogen) atoms. The minimum absolute atomic E-state index is 0.355. The molecular formula is C16H13N3O2. The van der Waals surface area contributed by atoms with Crippen molar-refractivity contribution in [1.82, 2.24) is 5.32 Å². The van der Waals surface area contributed by atoms with Gasteiger partial charge in [0, 0.05) is 5.56 Å². The fourth-order valence-electron chi connectivity index (χ4n) is 1.84. The number of amides is 3. The highest BCUT2D eigenvalue weighted by molar-refractivity contribution is 6.10. The summed E-state index contributed by atoms with van der Waals surface area (Å²) in [4.78, 5) is 24.9. The van der Waals surface area contributed by atoms with E-state index >= 15 is 0 Å². The molecule has 0 spiro atoms. The van der Waals surface area contributed by atoms with Crippen LogP contribution in [-0.2, 0) is 0 Å². The Balaban J connectivity index is 2.17. The Morgan fingerprint density at radius 2 is 1.67 bits per heavy atom. The summed E-state index contributed by atoms with van der Waals surface area (Å²) in [5.41, 5.74) is 1.56. The molecule has 0 radical (unpaired) electrons. The smallest absolute Gasteiger partial charge is 0.273 e. The van der Waals surface area contributed by atoms with E-state index in [1.54, 1.807) is 67.7 Å². The molecule has 0 aliphatic heterocycles. The van der Waals surface area contributed by atoms with Crippen molar-refractivity contribution in [2.24, 2.45) is 0 Å². The quantitative estimate of drug-likeness (QED) is 0.678. The van der Waals surface area contributed by atoms with Gasteiger partial charge in [0.15, 0.2) is 6.19 Å². The number of hydrogen-bond donors (Lipinski definition) is 1. The van der Waals surface area contributed by atoms with Crippen molar-refractivity contribution < 1.29 is 9.59 Å². The predicted molar refractivity (Wildman–Crippen MR) is 78.6 cm³/mol. The summed E-state index contributed by atoms with van der Waals surface area (Å²) in [7, 11) is 0. The lowest BCUT2D eigenvalue weighted by atomic mass is 10.2. The molecule has 1 N–H and O–H groups in total. The zero-order valence-electron chi connectivity index (χ0n) is 11.4. The maximum atomic E-state index is 12.1. The van der Waals surface area contributed by atoms with Gasteiger partial charge in [0.25, 0.3) is 5.91 Å². The number of nitriles is 1. The zero-order valence-corrected chi connectivity index (χ0v) is 11.4. The van der Waals surface area contributed by atoms with Crippen LogP contribution in [0.5, 0.6) is 0 Å². The average Bonchev–Trinajstić information content (AvgIpc) is 2.50. The van der Waals surface area contributed by atoms with Gasteiger partial charge in [0.2, 0.25) is 0 Å². The van der Waals surface area contributed by atoms with Crippen molar-refractivity contribution in [2.75, 3.05) is 4.90 Å². The highest BCUT2D eigenvalue weighted by Gasteiger charge is 2.19. The second-order valence-electron chi connectivity index (χ2n) is 4.35. The van der Waals surface area contributed by atoms with Crippen LogP contribution in [0.4, 0.5) is 10.5 Å². The van der Waals surface area contributed by atoms with E-state index in [4.69, 9.17) is 5.26 Å². The monoisotopic (exact) mass is 279 g/mol. The van der Waals surface area contributed by atoms with Crippen LogP contribution >= 0.6 is 0 Å². The molecule has 0 aromatic heterocycles. The van der Waals surface area contributed by atoms with E-state index in [-0.39, 0.29) is 0 Å². The van der Waals surface area contributed by atoms with Crippen LogP contribution in [-0.4, -0.2) is 11.9 Å². The molecule has 2 aromatic carbocycles. The van der Waals surface area contributed by atoms with E-state index in [0.717, 1.165) is 10.5 Å². The predicted octanol–water partition coefficient (Wildman–Crippen LogP) is 2.83. The van der Waals surface area contributed by atoms with E-state index in [9.17, 15) is 9.59 Å². The third-order valence-corrected chi connectivity index (χ3v) is 2.92. The summed E-state index contributed by atoms with van der Waals surface area (Å²) in [6.07, 6.45) is 1.78. The number of para-hydroxylation sites is 1. The van der Waals surface area contributed by atoms with Crippen LogP contribution in [0, 0.1) is 18.4 Å². The lowest BCUT2D eigenvalue weighted by Gasteiger charge is -2.16. The molecule has 5 nitrogen and oxygen atoms in total. The average molecular weight is 279 g/mol. The number of rotatable bonds is 2. The molecule has 0 bridgehead atoms. The zero-order chi connectivity index (χ0) is 15.2. The molecule has 104 valence electrons. The second-order valence-corrected chi connectivity index (χ2v) is 4.35. The van der Waals surface area contributed by atoms with Gasteiger partial charge in [-0.3, -0.25) is 10.1 Å². The van der Waals surface area contributed by atoms with Crippen LogP contribution in [0.2, 0.25) is 0 Å². The van der Waals surface area contributed by atoms with E-state index in [1.807, 2.05) is 0 Å². The summed E-state index contributed by atoms with van der Waals surface area (Å²) in [5, 5.41) is 11.4. The van der Waals surface area contributed by atoms with Crippen LogP contribution in [0.1, 0.15) is 15.9 Å². The van der Waals surface area contributed by atoms with E-state index in [0.29, 0.717) is 11.3 Å². The van der Waals surface area contributed by atoms with Gasteiger partial charge in [-0.15, -0.1) is 0 Å². The van der Waals surface area contributed by atoms with Crippen molar-refractivity contribution >= 4 is 17.6 Å². The van der Waals surface area contributed by atoms with E-state index in [1.165, 1.54) is 0 Å². The first-order chi connectivity index (χ1) is 10.1. The number of urea groups is 1. The molecule has 2 rings (SSSR count). The standard InChI is InChI=1S/C16H13N3O2/c1-12-7-5-6-10-14(12)19(11-17)16(21)18-15(20)13-8-3-2-4-9-13/h2-10H,1H3,(H,18,20,21). The number of aryl methyl sites for hydroxylation is 1. The van der Waals surface area contributed by atoms with Crippen LogP contribution < -0.4 is 10.2 Å². The fraction of sp³-hybridized carbons (Fsp3) is 0.0625. The summed E-state index contributed by atoms with van der Waals surface area (Å²) in [6.45, 7) is 1.78. The molecule has 0 saturated carbocycles. The number of hydrogen-bond acceptors (Lipinski definition) is 3. The van der Waals surface area contributed by atoms with Gasteiger partial charge < -0.3 is 0 Å². The third-order valence-electron chi connectivity index (χ3n) is 2.92. The van der Waals surface area contributed by atoms with Gasteiger partial charge in [-0.05, 0) is 30.7 Å². The lowest BCUT2D eigenvalue weighted by molar-refractivity contribution is 0.0966. The number of imide groups is 1. The highest BCUT2D eigenvalue weighted by atomic mass is 16.2. The summed E-state index contributed by atoms with van der Waals surface area (Å²) >= 11 is 0. The Kier molecular flexibility index (Phi) is 4.32. The van der Waals surface area contributed by atoms with Gasteiger partial charge in [-0.25, -0.2) is 4.79 Å². The minimum Gasteiger partial charge on any atom is -0.273 e. The topological polar surface area (TPSA) is 73.2 Å². The number of nitrogens with zero attached hydrogens (tertiary/aromatic N) is 2. The first-order valence-corrected chi connectivity index (χ1v) is 6.29. The summed E-state index contributed by atoms with van der Waals surface area (Å²) < 4.78 is 0. The van der Waals surface area contributed by atoms with Gasteiger partial charge in [-0.2, -0.15) is 10.2 Å². The third kappa shape index (κ3) is 3.25. The molecule has 5 heteroatoms. The van der Waals surface area contributed by atoms with Gasteiger partial charge in [0.1, 0.15) is 0 Å². The van der Waals surface area contributed by atoms with Gasteiger partial charge >= 0.3 is 6.03 Å². The first kappa shape index (κ1) is 14.3. The largest absolute Gasteiger partial charge is 0.342 e. The molecular weight excluding hydrogens is 266 g/mol. The summed E-state index contributed by atoms with van der Waals surface area (Å²) in [5.74, 6) is -0.547. The van der Waals surface area contributed by atoms with Crippen LogP contribution in [0.3, 0.4) is 0 Å². The Morgan fingerprint density at radius 1 is 1.05 bits per heavy atom. The fourth-order valence-corrected chi connectivity index (χ4v) is 1.84. The number of anilines is 1. The Bertz CT molecular complexity index is 705. The molecule has 0 unspecified atom stereocenters. The Labute approximate surface area is 122 Å². The normalized spacial score (nSPS) is 9.52. The maximum Gasteiger partial charge on any atom is 0.342 e. The van der Waals surface area contributed by atoms with Crippen LogP contribution in [0.25, 0.3) is 0 Å². The Morgan fingerprint density at radius 3 is 2.29 bits per heavy atom. The molecule has 0 aliphatic rings. The molecule has 0 saturated heterocycles. The van der Waals surface area contributed by atoms with Gasteiger partial charge in [0.05, 0.1) is 5.69 Å². The molecule has 0 fully saturated rings. The van der Waals surface area contributed by atoms with Crippen LogP contribution in [0.15, 0.2) is 54.6 Å². The van der Waals surface area contributed by atoms with E-state index in [2.05, 4.69) is 5.32 Å². The number of carbonyl (C=O) groups is 2. The second kappa shape index (κ2) is 6.35. The molecule has 0 atom stereocenters. The van der Waals surface area contributed by atoms with Crippen molar-refractivity contribution in [3.8, 4) is 6.19 Å². The maximum absolute atomic E-state index is 12.1. The molecule has 0 aliphatic carbocycles. The molecule has 2 aromatic rings. The van der Waals surface area contributed by atoms with Crippen molar-refractivity contribution in [3.63, 3.8) is 0 Å². The number of benzene rings is 2. The highest BCUT2D eigenvalue weighted by Crippen LogP contribution is 2.18. The SMILES string of the molecule is Cc1ccccc1N(C#N)C(=O)NC(=O)c1ccccc1.